The van der Waals surface area contributed by atoms with Crippen molar-refractivity contribution < 1.29 is 4.79 Å². The average Bonchev–Trinajstić information content (AvgIpc) is 2.75. The smallest absolute Gasteiger partial charge is 0.253 e. The van der Waals surface area contributed by atoms with Gasteiger partial charge in [0, 0.05) is 36.1 Å². The van der Waals surface area contributed by atoms with Gasteiger partial charge in [0.25, 0.3) is 5.91 Å². The fourth-order valence-corrected chi connectivity index (χ4v) is 4.38. The number of benzene rings is 1. The number of carbonyl (C=O) groups is 1. The van der Waals surface area contributed by atoms with Gasteiger partial charge in [-0.05, 0) is 57.3 Å². The first-order valence-electron chi connectivity index (χ1n) is 10.5. The maximum Gasteiger partial charge on any atom is 0.253 e. The van der Waals surface area contributed by atoms with Gasteiger partial charge in [-0.2, -0.15) is 0 Å². The summed E-state index contributed by atoms with van der Waals surface area (Å²) in [5.74, 6) is -0.582. The predicted octanol–water partition coefficient (Wildman–Crippen LogP) is 2.71. The van der Waals surface area contributed by atoms with Gasteiger partial charge in [0.1, 0.15) is 5.84 Å². The highest BCUT2D eigenvalue weighted by Gasteiger charge is 2.32. The average molecular weight is 397 g/mol. The summed E-state index contributed by atoms with van der Waals surface area (Å²) >= 11 is 0. The standard InChI is InChI=1S/C22H32N6O/c23-14-16-13-18(28-11-5-2-6-12-28)9-10-20(16)26-15-19(22(25)29)21(24)27-17-7-3-1-4-8-17/h1,3-4,7-8,14-16,18,20,23,26H,2,5-6,9-13H2,(H2,24,27)(H2,25,29)/b19-15+,23-14?/t16-,18+,20+/m1/s1. The van der Waals surface area contributed by atoms with Crippen LogP contribution in [0, 0.1) is 16.7 Å². The Morgan fingerprint density at radius 3 is 2.52 bits per heavy atom. The zero-order chi connectivity index (χ0) is 20.6. The SMILES string of the molecule is N=C[C@H]1C[C@@H](N2CCCCC2)CC[C@@H]1N/C=C(\C(=N)Nc1ccccc1)C(N)=O. The first kappa shape index (κ1) is 21.0. The van der Waals surface area contributed by atoms with Crippen LogP contribution in [0.1, 0.15) is 38.5 Å². The van der Waals surface area contributed by atoms with E-state index in [4.69, 9.17) is 16.6 Å². The van der Waals surface area contributed by atoms with Crippen LogP contribution >= 0.6 is 0 Å². The third-order valence-electron chi connectivity index (χ3n) is 6.01. The number of nitrogens with one attached hydrogen (secondary N) is 4. The number of likely N-dealkylation sites (tertiary alicyclic amines) is 1. The van der Waals surface area contributed by atoms with Gasteiger partial charge in [-0.3, -0.25) is 10.2 Å². The molecule has 3 rings (SSSR count). The van der Waals surface area contributed by atoms with E-state index >= 15 is 0 Å². The van der Waals surface area contributed by atoms with Gasteiger partial charge in [-0.15, -0.1) is 0 Å². The fraction of sp³-hybridized carbons (Fsp3) is 0.500. The second kappa shape index (κ2) is 10.2. The van der Waals surface area contributed by atoms with E-state index in [9.17, 15) is 4.79 Å². The summed E-state index contributed by atoms with van der Waals surface area (Å²) in [5.41, 5.74) is 6.35. The van der Waals surface area contributed by atoms with E-state index in [-0.39, 0.29) is 23.4 Å². The number of carbonyl (C=O) groups excluding carboxylic acids is 1. The van der Waals surface area contributed by atoms with Gasteiger partial charge in [-0.1, -0.05) is 24.6 Å². The lowest BCUT2D eigenvalue weighted by Gasteiger charge is -2.41. The molecule has 1 saturated carbocycles. The minimum absolute atomic E-state index is 0.0374. The van der Waals surface area contributed by atoms with Crippen LogP contribution < -0.4 is 16.4 Å². The van der Waals surface area contributed by atoms with Gasteiger partial charge >= 0.3 is 0 Å². The Kier molecular flexibility index (Phi) is 7.41. The second-order valence-corrected chi connectivity index (χ2v) is 7.96. The van der Waals surface area contributed by atoms with Crippen molar-refractivity contribution in [3.63, 3.8) is 0 Å². The number of rotatable bonds is 7. The highest BCUT2D eigenvalue weighted by molar-refractivity contribution is 6.23. The van der Waals surface area contributed by atoms with Crippen LogP contribution in [0.5, 0.6) is 0 Å². The first-order chi connectivity index (χ1) is 14.1. The number of primary amides is 1. The molecule has 1 aliphatic heterocycles. The summed E-state index contributed by atoms with van der Waals surface area (Å²) in [4.78, 5) is 14.5. The van der Waals surface area contributed by atoms with E-state index in [1.807, 2.05) is 30.3 Å². The second-order valence-electron chi connectivity index (χ2n) is 7.96. The summed E-state index contributed by atoms with van der Waals surface area (Å²) in [6.07, 6.45) is 9.92. The van der Waals surface area contributed by atoms with Crippen molar-refractivity contribution in [2.75, 3.05) is 18.4 Å². The zero-order valence-electron chi connectivity index (χ0n) is 16.9. The fourth-order valence-electron chi connectivity index (χ4n) is 4.38. The molecule has 0 radical (unpaired) electrons. The molecular formula is C22H32N6O. The third kappa shape index (κ3) is 5.67. The molecule has 0 spiro atoms. The van der Waals surface area contributed by atoms with Crippen molar-refractivity contribution in [1.82, 2.24) is 10.2 Å². The van der Waals surface area contributed by atoms with Crippen molar-refractivity contribution in [3.05, 3.63) is 42.1 Å². The summed E-state index contributed by atoms with van der Waals surface area (Å²) in [7, 11) is 0. The molecule has 2 fully saturated rings. The number of nitrogens with two attached hydrogens (primary N) is 1. The minimum atomic E-state index is -0.653. The molecule has 1 heterocycles. The Hall–Kier alpha value is -2.67. The molecule has 3 atom stereocenters. The summed E-state index contributed by atoms with van der Waals surface area (Å²) < 4.78 is 0. The quantitative estimate of drug-likeness (QED) is 0.277. The Morgan fingerprint density at radius 1 is 1.14 bits per heavy atom. The van der Waals surface area contributed by atoms with E-state index in [1.54, 1.807) is 6.20 Å². The van der Waals surface area contributed by atoms with Gasteiger partial charge in [0.05, 0.1) is 5.57 Å². The molecule has 1 saturated heterocycles. The largest absolute Gasteiger partial charge is 0.387 e. The van der Waals surface area contributed by atoms with Crippen LogP contribution in [0.25, 0.3) is 0 Å². The topological polar surface area (TPSA) is 118 Å². The summed E-state index contributed by atoms with van der Waals surface area (Å²) in [5, 5.41) is 22.3. The van der Waals surface area contributed by atoms with E-state index in [2.05, 4.69) is 15.5 Å². The van der Waals surface area contributed by atoms with Gasteiger partial charge < -0.3 is 26.7 Å². The molecule has 0 aromatic heterocycles. The summed E-state index contributed by atoms with van der Waals surface area (Å²) in [6.45, 7) is 2.34. The van der Waals surface area contributed by atoms with E-state index in [0.29, 0.717) is 6.04 Å². The number of para-hydroxylation sites is 1. The molecule has 0 bridgehead atoms. The number of amidine groups is 1. The maximum atomic E-state index is 11.9. The molecule has 2 aliphatic rings. The van der Waals surface area contributed by atoms with Crippen LogP contribution in [-0.4, -0.2) is 48.0 Å². The van der Waals surface area contributed by atoms with Crippen molar-refractivity contribution in [3.8, 4) is 0 Å². The Labute approximate surface area is 172 Å². The minimum Gasteiger partial charge on any atom is -0.387 e. The maximum absolute atomic E-state index is 11.9. The zero-order valence-corrected chi connectivity index (χ0v) is 16.9. The van der Waals surface area contributed by atoms with E-state index in [0.717, 1.165) is 24.9 Å². The van der Waals surface area contributed by atoms with Crippen molar-refractivity contribution in [2.45, 2.75) is 50.6 Å². The molecule has 29 heavy (non-hydrogen) atoms. The van der Waals surface area contributed by atoms with Crippen molar-refractivity contribution in [1.29, 1.82) is 10.8 Å². The molecule has 1 amide bonds. The number of amides is 1. The molecule has 0 unspecified atom stereocenters. The Balaban J connectivity index is 1.61. The predicted molar refractivity (Wildman–Crippen MR) is 117 cm³/mol. The van der Waals surface area contributed by atoms with E-state index in [1.165, 1.54) is 38.6 Å². The number of nitrogens with zero attached hydrogens (tertiary/aromatic N) is 1. The van der Waals surface area contributed by atoms with Crippen molar-refractivity contribution in [2.24, 2.45) is 11.7 Å². The van der Waals surface area contributed by atoms with Crippen LogP contribution in [0.4, 0.5) is 5.69 Å². The molecule has 1 aromatic rings. The van der Waals surface area contributed by atoms with Crippen LogP contribution in [0.2, 0.25) is 0 Å². The molecule has 156 valence electrons. The Bertz CT molecular complexity index is 741. The van der Waals surface area contributed by atoms with Gasteiger partial charge in [0.15, 0.2) is 0 Å². The molecule has 1 aliphatic carbocycles. The van der Waals surface area contributed by atoms with Crippen molar-refractivity contribution >= 4 is 23.6 Å². The lowest BCUT2D eigenvalue weighted by atomic mass is 9.81. The van der Waals surface area contributed by atoms with Gasteiger partial charge in [0.2, 0.25) is 0 Å². The lowest BCUT2D eigenvalue weighted by Crippen LogP contribution is -2.48. The van der Waals surface area contributed by atoms with Crippen LogP contribution in [-0.2, 0) is 4.79 Å². The molecule has 6 N–H and O–H groups in total. The number of hydrogen-bond donors (Lipinski definition) is 5. The monoisotopic (exact) mass is 396 g/mol. The highest BCUT2D eigenvalue weighted by atomic mass is 16.1. The van der Waals surface area contributed by atoms with Gasteiger partial charge in [-0.25, -0.2) is 0 Å². The number of piperidine rings is 1. The molecule has 7 nitrogen and oxygen atoms in total. The van der Waals surface area contributed by atoms with E-state index < -0.39 is 5.91 Å². The lowest BCUT2D eigenvalue weighted by molar-refractivity contribution is -0.114. The third-order valence-corrected chi connectivity index (χ3v) is 6.01. The summed E-state index contributed by atoms with van der Waals surface area (Å²) in [6, 6.07) is 9.87. The normalized spacial score (nSPS) is 25.8. The number of anilines is 1. The molecule has 1 aromatic carbocycles. The van der Waals surface area contributed by atoms with Crippen LogP contribution in [0.15, 0.2) is 42.1 Å². The molecule has 7 heteroatoms. The number of hydrogen-bond acceptors (Lipinski definition) is 5. The Morgan fingerprint density at radius 2 is 1.86 bits per heavy atom. The highest BCUT2D eigenvalue weighted by Crippen LogP contribution is 2.29. The molecular weight excluding hydrogens is 364 g/mol. The first-order valence-corrected chi connectivity index (χ1v) is 10.5. The van der Waals surface area contributed by atoms with Crippen LogP contribution in [0.3, 0.4) is 0 Å².